The van der Waals surface area contributed by atoms with Crippen molar-refractivity contribution >= 4 is 23.8 Å². The van der Waals surface area contributed by atoms with Crippen molar-refractivity contribution < 1.29 is 37.8 Å². The number of nitrogens with one attached hydrogen (secondary N) is 3. The van der Waals surface area contributed by atoms with Crippen molar-refractivity contribution in [2.45, 2.75) is 85.0 Å². The summed E-state index contributed by atoms with van der Waals surface area (Å²) in [6.07, 6.45) is -0.574. The maximum absolute atomic E-state index is 13.9. The van der Waals surface area contributed by atoms with Crippen LogP contribution in [0.4, 0.5) is 13.6 Å². The molecule has 2 rings (SSSR count). The molecule has 2 atom stereocenters. The topological polar surface area (TPSA) is 137 Å². The van der Waals surface area contributed by atoms with E-state index in [-0.39, 0.29) is 43.0 Å². The lowest BCUT2D eigenvalue weighted by Gasteiger charge is -2.25. The fourth-order valence-corrected chi connectivity index (χ4v) is 4.68. The third-order valence-electron chi connectivity index (χ3n) is 6.57. The zero-order valence-corrected chi connectivity index (χ0v) is 27.0. The molecule has 2 aromatic carbocycles. The van der Waals surface area contributed by atoms with E-state index in [0.29, 0.717) is 24.2 Å². The van der Waals surface area contributed by atoms with Crippen LogP contribution in [-0.2, 0) is 16.0 Å². The van der Waals surface area contributed by atoms with Crippen LogP contribution in [0.5, 0.6) is 0 Å². The summed E-state index contributed by atoms with van der Waals surface area (Å²) in [6, 6.07) is 6.74. The summed E-state index contributed by atoms with van der Waals surface area (Å²) in [5.74, 6) is -2.92. The molecule has 0 bridgehead atoms. The second kappa shape index (κ2) is 17.4. The summed E-state index contributed by atoms with van der Waals surface area (Å²) in [7, 11) is 0. The predicted molar refractivity (Wildman–Crippen MR) is 167 cm³/mol. The van der Waals surface area contributed by atoms with Crippen molar-refractivity contribution in [1.29, 1.82) is 0 Å². The van der Waals surface area contributed by atoms with Crippen LogP contribution < -0.4 is 16.0 Å². The van der Waals surface area contributed by atoms with Crippen molar-refractivity contribution in [1.82, 2.24) is 20.9 Å². The first-order valence-electron chi connectivity index (χ1n) is 15.2. The van der Waals surface area contributed by atoms with Gasteiger partial charge in [0.05, 0.1) is 18.7 Å². The number of hydrogen-bond donors (Lipinski definition) is 4. The molecule has 0 radical (unpaired) electrons. The quantitative estimate of drug-likeness (QED) is 0.232. The van der Waals surface area contributed by atoms with Crippen molar-refractivity contribution in [3.05, 3.63) is 70.3 Å². The molecule has 4 amide bonds. The molecule has 10 nitrogen and oxygen atoms in total. The standard InChI is InChI=1S/C33H46F2N4O6/c1-7-11-39(12-8-2)31(43)24-14-21(3)13-23(18-24)30(42)38-27(17-22-15-25(34)19-26(35)16-22)28(40)9-10-36-29(41)20-37-32(44)45-33(4,5)6/h13-16,18-19,27-28,40H,7-12,17,20H2,1-6H3,(H,36,41)(H,37,44)(H,38,42)/t27-,28+/m0/s1. The van der Waals surface area contributed by atoms with Crippen molar-refractivity contribution in [3.63, 3.8) is 0 Å². The van der Waals surface area contributed by atoms with Crippen LogP contribution in [0.25, 0.3) is 0 Å². The molecular formula is C33H46F2N4O6. The van der Waals surface area contributed by atoms with Gasteiger partial charge in [0.25, 0.3) is 11.8 Å². The van der Waals surface area contributed by atoms with Gasteiger partial charge in [-0.1, -0.05) is 13.8 Å². The Morgan fingerprint density at radius 1 is 0.911 bits per heavy atom. The Labute approximate surface area is 263 Å². The van der Waals surface area contributed by atoms with Crippen molar-refractivity contribution in [2.75, 3.05) is 26.2 Å². The Morgan fingerprint density at radius 2 is 1.51 bits per heavy atom. The highest BCUT2D eigenvalue weighted by Gasteiger charge is 2.25. The maximum atomic E-state index is 13.9. The number of nitrogens with zero attached hydrogens (tertiary/aromatic N) is 1. The van der Waals surface area contributed by atoms with Gasteiger partial charge < -0.3 is 30.7 Å². The summed E-state index contributed by atoms with van der Waals surface area (Å²) < 4.78 is 33.0. The predicted octanol–water partition coefficient (Wildman–Crippen LogP) is 4.27. The van der Waals surface area contributed by atoms with E-state index in [1.54, 1.807) is 44.7 Å². The molecule has 4 N–H and O–H groups in total. The van der Waals surface area contributed by atoms with Gasteiger partial charge in [0.1, 0.15) is 17.2 Å². The lowest BCUT2D eigenvalue weighted by Crippen LogP contribution is -2.46. The van der Waals surface area contributed by atoms with E-state index in [1.165, 1.54) is 6.07 Å². The molecule has 2 aromatic rings. The van der Waals surface area contributed by atoms with Crippen molar-refractivity contribution in [2.24, 2.45) is 0 Å². The summed E-state index contributed by atoms with van der Waals surface area (Å²) >= 11 is 0. The van der Waals surface area contributed by atoms with E-state index >= 15 is 0 Å². The van der Waals surface area contributed by atoms with Crippen LogP contribution in [-0.4, -0.2) is 77.7 Å². The maximum Gasteiger partial charge on any atom is 0.408 e. The van der Waals surface area contributed by atoms with Gasteiger partial charge in [-0.05, 0) is 94.8 Å². The highest BCUT2D eigenvalue weighted by molar-refractivity contribution is 6.00. The average Bonchev–Trinajstić information content (AvgIpc) is 2.93. The first-order chi connectivity index (χ1) is 21.1. The van der Waals surface area contributed by atoms with Crippen LogP contribution in [0.1, 0.15) is 85.7 Å². The van der Waals surface area contributed by atoms with Gasteiger partial charge in [-0.25, -0.2) is 13.6 Å². The van der Waals surface area contributed by atoms with Gasteiger partial charge in [0.15, 0.2) is 0 Å². The van der Waals surface area contributed by atoms with Gasteiger partial charge in [-0.3, -0.25) is 14.4 Å². The first-order valence-corrected chi connectivity index (χ1v) is 15.2. The van der Waals surface area contributed by atoms with E-state index in [1.807, 2.05) is 13.8 Å². The average molecular weight is 633 g/mol. The van der Waals surface area contributed by atoms with Crippen LogP contribution in [0.2, 0.25) is 0 Å². The molecular weight excluding hydrogens is 586 g/mol. The minimum atomic E-state index is -1.24. The Hall–Kier alpha value is -4.06. The van der Waals surface area contributed by atoms with Crippen molar-refractivity contribution in [3.8, 4) is 0 Å². The first kappa shape index (κ1) is 37.1. The van der Waals surface area contributed by atoms with E-state index in [2.05, 4.69) is 16.0 Å². The largest absolute Gasteiger partial charge is 0.444 e. The molecule has 248 valence electrons. The van der Waals surface area contributed by atoms with Gasteiger partial charge in [-0.2, -0.15) is 0 Å². The number of alkyl carbamates (subject to hydrolysis) is 1. The Bertz CT molecular complexity index is 1300. The molecule has 0 aliphatic carbocycles. The molecule has 0 spiro atoms. The number of rotatable bonds is 15. The number of aliphatic hydroxyl groups is 1. The smallest absolute Gasteiger partial charge is 0.408 e. The fourth-order valence-electron chi connectivity index (χ4n) is 4.68. The molecule has 0 aliphatic rings. The summed E-state index contributed by atoms with van der Waals surface area (Å²) in [5, 5.41) is 18.7. The summed E-state index contributed by atoms with van der Waals surface area (Å²) in [4.78, 5) is 52.4. The van der Waals surface area contributed by atoms with Crippen LogP contribution in [0, 0.1) is 18.6 Å². The molecule has 0 aromatic heterocycles. The van der Waals surface area contributed by atoms with Gasteiger partial charge in [-0.15, -0.1) is 0 Å². The number of carbonyl (C=O) groups is 4. The number of aliphatic hydroxyl groups excluding tert-OH is 1. The van der Waals surface area contributed by atoms with Crippen LogP contribution >= 0.6 is 0 Å². The fraction of sp³-hybridized carbons (Fsp3) is 0.515. The normalized spacial score (nSPS) is 12.6. The lowest BCUT2D eigenvalue weighted by molar-refractivity contribution is -0.120. The number of hydrogen-bond acceptors (Lipinski definition) is 6. The minimum Gasteiger partial charge on any atom is -0.444 e. The molecule has 45 heavy (non-hydrogen) atoms. The molecule has 0 heterocycles. The third kappa shape index (κ3) is 13.2. The molecule has 0 aliphatic heterocycles. The number of aryl methyl sites for hydroxylation is 1. The number of benzene rings is 2. The highest BCUT2D eigenvalue weighted by Crippen LogP contribution is 2.17. The second-order valence-corrected chi connectivity index (χ2v) is 12.0. The number of amides is 4. The third-order valence-corrected chi connectivity index (χ3v) is 6.57. The number of ether oxygens (including phenoxy) is 1. The molecule has 0 saturated heterocycles. The van der Waals surface area contributed by atoms with Gasteiger partial charge >= 0.3 is 6.09 Å². The zero-order chi connectivity index (χ0) is 33.7. The zero-order valence-electron chi connectivity index (χ0n) is 27.0. The van der Waals surface area contributed by atoms with E-state index in [9.17, 15) is 33.1 Å². The Morgan fingerprint density at radius 3 is 2.09 bits per heavy atom. The summed E-state index contributed by atoms with van der Waals surface area (Å²) in [5.41, 5.74) is 0.710. The lowest BCUT2D eigenvalue weighted by atomic mass is 9.97. The number of carbonyl (C=O) groups excluding carboxylic acids is 4. The highest BCUT2D eigenvalue weighted by atomic mass is 19.1. The van der Waals surface area contributed by atoms with Gasteiger partial charge in [0.2, 0.25) is 5.91 Å². The second-order valence-electron chi connectivity index (χ2n) is 12.0. The molecule has 0 fully saturated rings. The van der Waals surface area contributed by atoms with E-state index < -0.39 is 47.3 Å². The Kier molecular flexibility index (Phi) is 14.4. The SMILES string of the molecule is CCCN(CCC)C(=O)c1cc(C)cc(C(=O)N[C@@H](Cc2cc(F)cc(F)c2)[C@H](O)CCNC(=O)CNC(=O)OC(C)(C)C)c1. The van der Waals surface area contributed by atoms with E-state index in [0.717, 1.165) is 31.0 Å². The van der Waals surface area contributed by atoms with Gasteiger partial charge in [0, 0.05) is 36.8 Å². The van der Waals surface area contributed by atoms with E-state index in [4.69, 9.17) is 4.74 Å². The number of halogens is 2. The molecule has 0 saturated carbocycles. The molecule has 0 unspecified atom stereocenters. The van der Waals surface area contributed by atoms with Crippen LogP contribution in [0.3, 0.4) is 0 Å². The monoisotopic (exact) mass is 632 g/mol. The summed E-state index contributed by atoms with van der Waals surface area (Å²) in [6.45, 7) is 11.6. The molecule has 12 heteroatoms. The minimum absolute atomic E-state index is 0.0202. The Balaban J connectivity index is 2.17. The van der Waals surface area contributed by atoms with Crippen LogP contribution in [0.15, 0.2) is 36.4 Å².